The first-order valence-electron chi connectivity index (χ1n) is 6.56. The summed E-state index contributed by atoms with van der Waals surface area (Å²) in [5.74, 6) is 0.793. The van der Waals surface area contributed by atoms with E-state index in [0.29, 0.717) is 22.6 Å². The third-order valence-electron chi connectivity index (χ3n) is 3.34. The second kappa shape index (κ2) is 4.52. The molecule has 2 aromatic heterocycles. The molecule has 0 saturated heterocycles. The van der Waals surface area contributed by atoms with Crippen molar-refractivity contribution in [1.29, 1.82) is 0 Å². The molecule has 0 spiro atoms. The maximum atomic E-state index is 12.1. The van der Waals surface area contributed by atoms with Crippen molar-refractivity contribution in [3.8, 4) is 11.6 Å². The van der Waals surface area contributed by atoms with Crippen LogP contribution < -0.4 is 5.43 Å². The lowest BCUT2D eigenvalue weighted by atomic mass is 10.2. The minimum Gasteiger partial charge on any atom is -0.452 e. The standard InChI is InChI=1S/C17H10N2O2/c20-14-9-16(21-15-8-4-2-6-12(14)15)17-18-10-11-5-1-3-7-13(11)19-17/h1-10H. The van der Waals surface area contributed by atoms with Crippen molar-refractivity contribution in [3.63, 3.8) is 0 Å². The van der Waals surface area contributed by atoms with E-state index in [2.05, 4.69) is 9.97 Å². The van der Waals surface area contributed by atoms with E-state index in [0.717, 1.165) is 10.9 Å². The molecule has 0 aliphatic heterocycles. The summed E-state index contributed by atoms with van der Waals surface area (Å²) < 4.78 is 5.75. The van der Waals surface area contributed by atoms with Crippen molar-refractivity contribution < 1.29 is 4.42 Å². The summed E-state index contributed by atoms with van der Waals surface area (Å²) in [4.78, 5) is 20.9. The molecule has 4 rings (SSSR count). The molecule has 0 atom stereocenters. The molecule has 4 heteroatoms. The maximum absolute atomic E-state index is 12.1. The summed E-state index contributed by atoms with van der Waals surface area (Å²) in [5, 5.41) is 1.51. The molecule has 100 valence electrons. The molecule has 0 N–H and O–H groups in total. The van der Waals surface area contributed by atoms with Crippen LogP contribution in [0.1, 0.15) is 0 Å². The van der Waals surface area contributed by atoms with Gasteiger partial charge in [-0.05, 0) is 18.2 Å². The lowest BCUT2D eigenvalue weighted by Crippen LogP contribution is -2.01. The van der Waals surface area contributed by atoms with Crippen LogP contribution in [0.3, 0.4) is 0 Å². The number of fused-ring (bicyclic) bond motifs is 2. The second-order valence-corrected chi connectivity index (χ2v) is 4.72. The van der Waals surface area contributed by atoms with Crippen LogP contribution in [-0.2, 0) is 0 Å². The minimum absolute atomic E-state index is 0.0939. The fourth-order valence-electron chi connectivity index (χ4n) is 2.31. The Bertz CT molecular complexity index is 1020. The molecule has 2 aromatic carbocycles. The SMILES string of the molecule is O=c1cc(-c2ncc3ccccc3n2)oc2ccccc12. The smallest absolute Gasteiger partial charge is 0.196 e. The number of rotatable bonds is 1. The Labute approximate surface area is 119 Å². The summed E-state index contributed by atoms with van der Waals surface area (Å²) in [6.07, 6.45) is 1.73. The van der Waals surface area contributed by atoms with Gasteiger partial charge >= 0.3 is 0 Å². The van der Waals surface area contributed by atoms with Gasteiger partial charge in [0.25, 0.3) is 0 Å². The Morgan fingerprint density at radius 3 is 2.71 bits per heavy atom. The van der Waals surface area contributed by atoms with Crippen molar-refractivity contribution in [2.24, 2.45) is 0 Å². The molecule has 4 nitrogen and oxygen atoms in total. The first kappa shape index (κ1) is 11.8. The van der Waals surface area contributed by atoms with Crippen LogP contribution in [0, 0.1) is 0 Å². The van der Waals surface area contributed by atoms with Gasteiger partial charge in [-0.15, -0.1) is 0 Å². The first-order chi connectivity index (χ1) is 10.3. The highest BCUT2D eigenvalue weighted by atomic mass is 16.3. The van der Waals surface area contributed by atoms with E-state index in [-0.39, 0.29) is 5.43 Å². The van der Waals surface area contributed by atoms with Crippen molar-refractivity contribution in [3.05, 3.63) is 71.0 Å². The third kappa shape index (κ3) is 1.97. The van der Waals surface area contributed by atoms with Gasteiger partial charge in [0, 0.05) is 17.6 Å². The highest BCUT2D eigenvalue weighted by Gasteiger charge is 2.09. The van der Waals surface area contributed by atoms with Crippen LogP contribution in [0.25, 0.3) is 33.5 Å². The Morgan fingerprint density at radius 1 is 0.952 bits per heavy atom. The molecule has 21 heavy (non-hydrogen) atoms. The summed E-state index contributed by atoms with van der Waals surface area (Å²) in [7, 11) is 0. The van der Waals surface area contributed by atoms with E-state index < -0.39 is 0 Å². The molecular formula is C17H10N2O2. The summed E-state index contributed by atoms with van der Waals surface area (Å²) in [6.45, 7) is 0. The van der Waals surface area contributed by atoms with Crippen LogP contribution in [0.2, 0.25) is 0 Å². The van der Waals surface area contributed by atoms with Gasteiger partial charge < -0.3 is 4.42 Å². The molecule has 0 saturated carbocycles. The highest BCUT2D eigenvalue weighted by molar-refractivity contribution is 5.80. The van der Waals surface area contributed by atoms with E-state index in [1.165, 1.54) is 6.07 Å². The summed E-state index contributed by atoms with van der Waals surface area (Å²) in [6, 6.07) is 16.3. The van der Waals surface area contributed by atoms with Crippen molar-refractivity contribution in [2.75, 3.05) is 0 Å². The van der Waals surface area contributed by atoms with Crippen LogP contribution in [0.15, 0.2) is 70.0 Å². The maximum Gasteiger partial charge on any atom is 0.196 e. The van der Waals surface area contributed by atoms with Gasteiger partial charge in [0.15, 0.2) is 17.0 Å². The van der Waals surface area contributed by atoms with Crippen LogP contribution in [-0.4, -0.2) is 9.97 Å². The van der Waals surface area contributed by atoms with Crippen molar-refractivity contribution in [1.82, 2.24) is 9.97 Å². The molecule has 0 fully saturated rings. The predicted molar refractivity (Wildman–Crippen MR) is 81.0 cm³/mol. The van der Waals surface area contributed by atoms with Gasteiger partial charge in [0.2, 0.25) is 0 Å². The normalized spacial score (nSPS) is 11.0. The fourth-order valence-corrected chi connectivity index (χ4v) is 2.31. The Kier molecular flexibility index (Phi) is 2.54. The van der Waals surface area contributed by atoms with E-state index in [1.54, 1.807) is 18.3 Å². The molecule has 0 amide bonds. The average Bonchev–Trinajstić information content (AvgIpc) is 2.54. The third-order valence-corrected chi connectivity index (χ3v) is 3.34. The second-order valence-electron chi connectivity index (χ2n) is 4.72. The first-order valence-corrected chi connectivity index (χ1v) is 6.56. The van der Waals surface area contributed by atoms with Gasteiger partial charge in [0.05, 0.1) is 10.9 Å². The van der Waals surface area contributed by atoms with Gasteiger partial charge in [-0.2, -0.15) is 0 Å². The van der Waals surface area contributed by atoms with Gasteiger partial charge in [-0.1, -0.05) is 30.3 Å². The highest BCUT2D eigenvalue weighted by Crippen LogP contribution is 2.20. The summed E-state index contributed by atoms with van der Waals surface area (Å²) >= 11 is 0. The topological polar surface area (TPSA) is 56.0 Å². The zero-order valence-corrected chi connectivity index (χ0v) is 11.0. The Hall–Kier alpha value is -3.01. The number of nitrogens with zero attached hydrogens (tertiary/aromatic N) is 2. The van der Waals surface area contributed by atoms with Crippen LogP contribution >= 0.6 is 0 Å². The van der Waals surface area contributed by atoms with E-state index >= 15 is 0 Å². The molecule has 0 aliphatic rings. The minimum atomic E-state index is -0.0939. The van der Waals surface area contributed by atoms with Crippen LogP contribution in [0.4, 0.5) is 0 Å². The number of hydrogen-bond acceptors (Lipinski definition) is 4. The molecule has 0 radical (unpaired) electrons. The molecule has 4 aromatic rings. The molecule has 2 heterocycles. The molecule has 0 unspecified atom stereocenters. The van der Waals surface area contributed by atoms with Gasteiger partial charge in [-0.25, -0.2) is 9.97 Å². The Balaban J connectivity index is 1.97. The Morgan fingerprint density at radius 2 is 1.76 bits per heavy atom. The molecule has 0 aliphatic carbocycles. The molecule has 0 bridgehead atoms. The van der Waals surface area contributed by atoms with E-state index in [1.807, 2.05) is 36.4 Å². The number of hydrogen-bond donors (Lipinski definition) is 0. The zero-order chi connectivity index (χ0) is 14.2. The number of benzene rings is 2. The van der Waals surface area contributed by atoms with Crippen molar-refractivity contribution >= 4 is 21.9 Å². The predicted octanol–water partition coefficient (Wildman–Crippen LogP) is 3.40. The van der Waals surface area contributed by atoms with Crippen molar-refractivity contribution in [2.45, 2.75) is 0 Å². The van der Waals surface area contributed by atoms with E-state index in [9.17, 15) is 4.79 Å². The molecular weight excluding hydrogens is 264 g/mol. The quantitative estimate of drug-likeness (QED) is 0.534. The number of aromatic nitrogens is 2. The van der Waals surface area contributed by atoms with Gasteiger partial charge in [-0.3, -0.25) is 4.79 Å². The fraction of sp³-hybridized carbons (Fsp3) is 0. The summed E-state index contributed by atoms with van der Waals surface area (Å²) in [5.41, 5.74) is 1.26. The lowest BCUT2D eigenvalue weighted by Gasteiger charge is -2.03. The van der Waals surface area contributed by atoms with E-state index in [4.69, 9.17) is 4.42 Å². The largest absolute Gasteiger partial charge is 0.452 e. The van der Waals surface area contributed by atoms with Gasteiger partial charge in [0.1, 0.15) is 5.58 Å². The lowest BCUT2D eigenvalue weighted by molar-refractivity contribution is 0.613. The zero-order valence-electron chi connectivity index (χ0n) is 11.0. The average molecular weight is 274 g/mol. The monoisotopic (exact) mass is 274 g/mol. The van der Waals surface area contributed by atoms with Crippen LogP contribution in [0.5, 0.6) is 0 Å². The number of para-hydroxylation sites is 2.